The van der Waals surface area contributed by atoms with Crippen LogP contribution in [0.25, 0.3) is 0 Å². The predicted octanol–water partition coefficient (Wildman–Crippen LogP) is 3.04. The average molecular weight is 537 g/mol. The lowest BCUT2D eigenvalue weighted by molar-refractivity contribution is -0.140. The van der Waals surface area contributed by atoms with E-state index in [1.807, 2.05) is 9.44 Å². The highest BCUT2D eigenvalue weighted by Crippen LogP contribution is 2.46. The Morgan fingerprint density at radius 2 is 1.97 bits per heavy atom. The topological polar surface area (TPSA) is 131 Å². The number of carboxylic acid groups (broad SMARTS) is 1. The molecule has 0 amide bonds. The van der Waals surface area contributed by atoms with Crippen LogP contribution in [0.4, 0.5) is 13.2 Å². The molecule has 1 aliphatic heterocycles. The van der Waals surface area contributed by atoms with Gasteiger partial charge in [0.05, 0.1) is 23.1 Å². The number of ether oxygens (including phenoxy) is 2. The molecule has 190 valence electrons. The Hall–Kier alpha value is -2.87. The van der Waals surface area contributed by atoms with Crippen LogP contribution < -0.4 is 18.9 Å². The molecule has 35 heavy (non-hydrogen) atoms. The van der Waals surface area contributed by atoms with Gasteiger partial charge >= 0.3 is 12.1 Å². The van der Waals surface area contributed by atoms with Crippen LogP contribution in [-0.4, -0.2) is 44.5 Å². The summed E-state index contributed by atoms with van der Waals surface area (Å²) < 4.78 is 78.8. The summed E-state index contributed by atoms with van der Waals surface area (Å²) in [4.78, 5) is 24.2. The number of nitrogens with one attached hydrogen (secondary N) is 2. The van der Waals surface area contributed by atoms with Gasteiger partial charge in [-0.15, -0.1) is 0 Å². The molecule has 0 unspecified atom stereocenters. The molecule has 0 spiro atoms. The van der Waals surface area contributed by atoms with Gasteiger partial charge in [-0.1, -0.05) is 30.7 Å². The second-order valence-electron chi connectivity index (χ2n) is 7.46. The number of alkyl halides is 4. The number of ketones is 1. The maximum Gasteiger partial charge on any atom is 0.416 e. The zero-order valence-corrected chi connectivity index (χ0v) is 19.6. The lowest BCUT2D eigenvalue weighted by atomic mass is 9.94. The minimum Gasteiger partial charge on any atom is -0.491 e. The van der Waals surface area contributed by atoms with E-state index in [4.69, 9.17) is 21.1 Å². The second-order valence-corrected chi connectivity index (χ2v) is 9.60. The van der Waals surface area contributed by atoms with Crippen molar-refractivity contribution in [3.8, 4) is 11.5 Å². The number of aliphatic carboxylic acids is 1. The second kappa shape index (κ2) is 10.0. The molecule has 2 aromatic rings. The first-order valence-corrected chi connectivity index (χ1v) is 12.0. The first kappa shape index (κ1) is 26.7. The largest absolute Gasteiger partial charge is 0.491 e. The van der Waals surface area contributed by atoms with Gasteiger partial charge in [-0.2, -0.15) is 26.3 Å². The standard InChI is InChI=1S/C21H20ClF3N2O7S/c1-2-26-35(31,32)27-15(19(29)30)11-33-18-9-12(21(23,24)25)7-8-14(18)20(22)10-16(28)13-5-3-4-6-17(13)34-20/h3-9,15,26-27H,2,10-11H2,1H3,(H,29,30)/t15-,20+/m1/s1. The number of carbonyl (C=O) groups is 2. The average Bonchev–Trinajstić information content (AvgIpc) is 2.75. The maximum absolute atomic E-state index is 13.4. The summed E-state index contributed by atoms with van der Waals surface area (Å²) in [6.45, 7) is 0.525. The Morgan fingerprint density at radius 3 is 2.60 bits per heavy atom. The number of para-hydroxylation sites is 1. The van der Waals surface area contributed by atoms with E-state index in [-0.39, 0.29) is 23.4 Å². The molecule has 0 aliphatic carbocycles. The van der Waals surface area contributed by atoms with Gasteiger partial charge < -0.3 is 14.6 Å². The van der Waals surface area contributed by atoms with Gasteiger partial charge in [0.2, 0.25) is 5.06 Å². The highest BCUT2D eigenvalue weighted by atomic mass is 35.5. The minimum atomic E-state index is -4.79. The molecule has 0 fully saturated rings. The van der Waals surface area contributed by atoms with Crippen LogP contribution in [0.1, 0.15) is 34.8 Å². The zero-order chi connectivity index (χ0) is 26.0. The van der Waals surface area contributed by atoms with Gasteiger partial charge in [-0.3, -0.25) is 9.59 Å². The van der Waals surface area contributed by atoms with E-state index in [0.29, 0.717) is 12.1 Å². The SMILES string of the molecule is CCNS(=O)(=O)N[C@H](COc1cc(C(F)(F)F)ccc1[C@]1(Cl)CC(=O)c2ccccc2O1)C(=O)O. The summed E-state index contributed by atoms with van der Waals surface area (Å²) >= 11 is 6.58. The smallest absolute Gasteiger partial charge is 0.416 e. The molecule has 0 radical (unpaired) electrons. The molecule has 1 heterocycles. The molecule has 2 atom stereocenters. The van der Waals surface area contributed by atoms with Crippen LogP contribution in [0.15, 0.2) is 42.5 Å². The highest BCUT2D eigenvalue weighted by molar-refractivity contribution is 7.87. The van der Waals surface area contributed by atoms with E-state index in [9.17, 15) is 36.3 Å². The first-order valence-electron chi connectivity index (χ1n) is 10.1. The van der Waals surface area contributed by atoms with Crippen molar-refractivity contribution in [1.29, 1.82) is 0 Å². The summed E-state index contributed by atoms with van der Waals surface area (Å²) in [6, 6.07) is 6.54. The van der Waals surface area contributed by atoms with Crippen LogP contribution in [0.3, 0.4) is 0 Å². The molecule has 9 nitrogen and oxygen atoms in total. The monoisotopic (exact) mass is 536 g/mol. The summed E-state index contributed by atoms with van der Waals surface area (Å²) in [7, 11) is -4.23. The molecule has 1 aliphatic rings. The number of fused-ring (bicyclic) bond motifs is 1. The van der Waals surface area contributed by atoms with Gasteiger partial charge in [0, 0.05) is 6.54 Å². The third kappa shape index (κ3) is 6.23. The Bertz CT molecular complexity index is 1240. The molecule has 3 N–H and O–H groups in total. The quantitative estimate of drug-likeness (QED) is 0.420. The van der Waals surface area contributed by atoms with Crippen LogP contribution in [-0.2, 0) is 26.2 Å². The van der Waals surface area contributed by atoms with Gasteiger partial charge in [0.1, 0.15) is 18.1 Å². The predicted molar refractivity (Wildman–Crippen MR) is 118 cm³/mol. The van der Waals surface area contributed by atoms with E-state index < -0.39 is 63.6 Å². The summed E-state index contributed by atoms with van der Waals surface area (Å²) in [5, 5.41) is 7.40. The van der Waals surface area contributed by atoms with E-state index in [2.05, 4.69) is 0 Å². The third-order valence-corrected chi connectivity index (χ3v) is 6.57. The van der Waals surface area contributed by atoms with Crippen molar-refractivity contribution in [2.75, 3.05) is 13.2 Å². The molecule has 2 aromatic carbocycles. The van der Waals surface area contributed by atoms with Gasteiger partial charge in [0.25, 0.3) is 10.2 Å². The van der Waals surface area contributed by atoms with Gasteiger partial charge in [0.15, 0.2) is 11.8 Å². The van der Waals surface area contributed by atoms with E-state index in [0.717, 1.165) is 6.07 Å². The number of Topliss-reactive ketones (excluding diaryl/α,β-unsaturated/α-hetero) is 1. The van der Waals surface area contributed by atoms with Crippen molar-refractivity contribution in [2.45, 2.75) is 30.6 Å². The maximum atomic E-state index is 13.4. The fourth-order valence-corrected chi connectivity index (χ4v) is 4.69. The fraction of sp³-hybridized carbons (Fsp3) is 0.333. The van der Waals surface area contributed by atoms with Crippen molar-refractivity contribution >= 4 is 33.6 Å². The molecule has 3 rings (SSSR count). The number of benzene rings is 2. The van der Waals surface area contributed by atoms with E-state index >= 15 is 0 Å². The molecule has 0 bridgehead atoms. The first-order chi connectivity index (χ1) is 16.3. The Morgan fingerprint density at radius 1 is 1.29 bits per heavy atom. The number of halogens is 4. The molecule has 0 saturated heterocycles. The van der Waals surface area contributed by atoms with Gasteiger partial charge in [-0.05, 0) is 30.3 Å². The fourth-order valence-electron chi connectivity index (χ4n) is 3.32. The van der Waals surface area contributed by atoms with Crippen LogP contribution >= 0.6 is 11.6 Å². The summed E-state index contributed by atoms with van der Waals surface area (Å²) in [5.41, 5.74) is -1.07. The zero-order valence-electron chi connectivity index (χ0n) is 18.1. The molecule has 0 saturated carbocycles. The number of carbonyl (C=O) groups excluding carboxylic acids is 1. The Kier molecular flexibility index (Phi) is 7.65. The lowest BCUT2D eigenvalue weighted by Gasteiger charge is -2.34. The number of hydrogen-bond donors (Lipinski definition) is 3. The van der Waals surface area contributed by atoms with Crippen LogP contribution in [0.2, 0.25) is 0 Å². The Labute approximate surface area is 203 Å². The third-order valence-electron chi connectivity index (χ3n) is 4.89. The van der Waals surface area contributed by atoms with Crippen LogP contribution in [0.5, 0.6) is 11.5 Å². The van der Waals surface area contributed by atoms with Crippen molar-refractivity contribution < 1.29 is 45.8 Å². The van der Waals surface area contributed by atoms with Crippen molar-refractivity contribution in [2.24, 2.45) is 0 Å². The molecule has 14 heteroatoms. The minimum absolute atomic E-state index is 0.0398. The van der Waals surface area contributed by atoms with Crippen LogP contribution in [0, 0.1) is 0 Å². The summed E-state index contributed by atoms with van der Waals surface area (Å²) in [5.74, 6) is -2.50. The molecule has 0 aromatic heterocycles. The van der Waals surface area contributed by atoms with E-state index in [1.54, 1.807) is 12.1 Å². The van der Waals surface area contributed by atoms with Crippen molar-refractivity contribution in [3.63, 3.8) is 0 Å². The number of carboxylic acids is 1. The lowest BCUT2D eigenvalue weighted by Crippen LogP contribution is -2.49. The van der Waals surface area contributed by atoms with Gasteiger partial charge in [-0.25, -0.2) is 4.72 Å². The van der Waals surface area contributed by atoms with Crippen molar-refractivity contribution in [3.05, 3.63) is 59.2 Å². The normalized spacial score (nSPS) is 18.9. The summed E-state index contributed by atoms with van der Waals surface area (Å²) in [6.07, 6.45) is -5.24. The highest BCUT2D eigenvalue weighted by Gasteiger charge is 2.44. The number of hydrogen-bond acceptors (Lipinski definition) is 6. The molecular formula is C21H20ClF3N2O7S. The van der Waals surface area contributed by atoms with Crippen molar-refractivity contribution in [1.82, 2.24) is 9.44 Å². The molecular weight excluding hydrogens is 517 g/mol. The van der Waals surface area contributed by atoms with E-state index in [1.165, 1.54) is 19.1 Å². The number of rotatable bonds is 9. The Balaban J connectivity index is 1.98.